The van der Waals surface area contributed by atoms with E-state index in [1.807, 2.05) is 12.1 Å². The Morgan fingerprint density at radius 1 is 1.21 bits per heavy atom. The van der Waals surface area contributed by atoms with Gasteiger partial charge in [-0.25, -0.2) is 9.57 Å². The molecule has 6 aliphatic rings. The van der Waals surface area contributed by atoms with Crippen molar-refractivity contribution in [2.45, 2.75) is 67.1 Å². The van der Waals surface area contributed by atoms with Crippen molar-refractivity contribution in [3.63, 3.8) is 0 Å². The number of guanidine groups is 2. The number of para-hydroxylation sites is 1. The third-order valence-corrected chi connectivity index (χ3v) is 9.22. The van der Waals surface area contributed by atoms with Gasteiger partial charge >= 0.3 is 5.96 Å². The fourth-order valence-electron chi connectivity index (χ4n) is 7.01. The highest BCUT2D eigenvalue weighted by atomic mass is 16.5. The minimum Gasteiger partial charge on any atom is -0.492 e. The monoisotopic (exact) mass is 539 g/mol. The number of benzene rings is 1. The van der Waals surface area contributed by atoms with Crippen molar-refractivity contribution < 1.29 is 33.9 Å². The van der Waals surface area contributed by atoms with Gasteiger partial charge in [-0.15, -0.1) is 0 Å². The first-order chi connectivity index (χ1) is 18.6. The molecule has 3 fully saturated rings. The summed E-state index contributed by atoms with van der Waals surface area (Å²) in [5, 5.41) is 32.1. The standard InChI is InChI=1S/C25H30N8O6/c26-21-30-19-14(10-32-16(34)4-5-17(32)35)28-22(27)33-11-15(25(37,38)24(19,33)31-21)29-20(36)12-2-1-3-13-18(12)39-9-8-23(13)6-7-23/h1-3,14-15,19,37-38H,4-11H2,(H6,26,27,28,29,30,31,36)/p+1/t14-,15?,19?,24?/m0/s1. The van der Waals surface area contributed by atoms with Gasteiger partial charge in [-0.05, 0) is 25.3 Å². The second-order valence-electron chi connectivity index (χ2n) is 11.3. The smallest absolute Gasteiger partial charge is 0.346 e. The third-order valence-electron chi connectivity index (χ3n) is 9.22. The number of likely N-dealkylation sites (tertiary alicyclic amines) is 1. The van der Waals surface area contributed by atoms with Crippen LogP contribution in [0.3, 0.4) is 0 Å². The van der Waals surface area contributed by atoms with Crippen LogP contribution in [-0.4, -0.2) is 98.6 Å². The number of rotatable bonds is 4. The molecule has 1 aromatic rings. The predicted molar refractivity (Wildman–Crippen MR) is 134 cm³/mol. The van der Waals surface area contributed by atoms with E-state index in [0.29, 0.717) is 17.9 Å². The van der Waals surface area contributed by atoms with Crippen LogP contribution in [0.25, 0.3) is 0 Å². The van der Waals surface area contributed by atoms with Gasteiger partial charge in [0.05, 0.1) is 25.3 Å². The maximum atomic E-state index is 13.6. The average molecular weight is 540 g/mol. The summed E-state index contributed by atoms with van der Waals surface area (Å²) in [4.78, 5) is 43.7. The minimum atomic E-state index is -2.62. The van der Waals surface area contributed by atoms with Crippen molar-refractivity contribution in [2.75, 3.05) is 19.7 Å². The Hall–Kier alpha value is -3.91. The summed E-state index contributed by atoms with van der Waals surface area (Å²) in [6.45, 7) is 0.349. The zero-order chi connectivity index (χ0) is 27.3. The summed E-state index contributed by atoms with van der Waals surface area (Å²) >= 11 is 0. The van der Waals surface area contributed by atoms with Gasteiger partial charge in [0.1, 0.15) is 23.9 Å². The molecular weight excluding hydrogens is 508 g/mol. The van der Waals surface area contributed by atoms with Crippen LogP contribution in [0.4, 0.5) is 0 Å². The number of carbonyl (C=O) groups excluding carboxylic acids is 3. The van der Waals surface area contributed by atoms with Gasteiger partial charge in [-0.2, -0.15) is 0 Å². The highest BCUT2D eigenvalue weighted by Crippen LogP contribution is 2.56. The van der Waals surface area contributed by atoms with Gasteiger partial charge in [0.2, 0.25) is 23.3 Å². The second-order valence-corrected chi connectivity index (χ2v) is 11.3. The summed E-state index contributed by atoms with van der Waals surface area (Å²) in [6.07, 6.45) is 3.24. The predicted octanol–water partition coefficient (Wildman–Crippen LogP) is -3.28. The summed E-state index contributed by atoms with van der Waals surface area (Å²) in [5.41, 5.74) is 12.0. The molecule has 2 spiro atoms. The zero-order valence-electron chi connectivity index (χ0n) is 21.1. The largest absolute Gasteiger partial charge is 0.492 e. The van der Waals surface area contributed by atoms with Crippen molar-refractivity contribution in [3.8, 4) is 5.75 Å². The molecule has 39 heavy (non-hydrogen) atoms. The first-order valence-corrected chi connectivity index (χ1v) is 13.2. The van der Waals surface area contributed by atoms with Crippen LogP contribution in [0.15, 0.2) is 23.2 Å². The molecule has 0 bridgehead atoms. The quantitative estimate of drug-likeness (QED) is 0.115. The summed E-state index contributed by atoms with van der Waals surface area (Å²) in [6, 6.07) is 2.51. The van der Waals surface area contributed by atoms with E-state index in [4.69, 9.17) is 16.2 Å². The Morgan fingerprint density at radius 3 is 2.67 bits per heavy atom. The fourth-order valence-corrected chi connectivity index (χ4v) is 7.01. The minimum absolute atomic E-state index is 0.0621. The summed E-state index contributed by atoms with van der Waals surface area (Å²) in [7, 11) is 0. The molecular formula is C25H31N8O6+. The zero-order valence-corrected chi connectivity index (χ0v) is 21.1. The molecule has 7 rings (SSSR count). The van der Waals surface area contributed by atoms with E-state index in [0.717, 1.165) is 29.7 Å². The topological polar surface area (TPSA) is 208 Å². The SMILES string of the molecule is NC1=NC2[C@H](CN3C(=O)CCC3=O)NC(N)=[N+]3CC(NC(=O)c4cccc5c4OCCC54CC4)C(O)(O)C23N1. The molecule has 14 nitrogen and oxygen atoms in total. The number of hydrogen-bond acceptors (Lipinski definition) is 11. The Labute approximate surface area is 223 Å². The van der Waals surface area contributed by atoms with Crippen molar-refractivity contribution >= 4 is 29.6 Å². The highest BCUT2D eigenvalue weighted by molar-refractivity contribution is 6.02. The molecule has 14 heteroatoms. The maximum Gasteiger partial charge on any atom is 0.346 e. The van der Waals surface area contributed by atoms with Gasteiger partial charge in [0, 0.05) is 23.8 Å². The summed E-state index contributed by atoms with van der Waals surface area (Å²) < 4.78 is 7.40. The molecule has 1 aliphatic carbocycles. The van der Waals surface area contributed by atoms with Gasteiger partial charge in [-0.3, -0.25) is 30.3 Å². The highest BCUT2D eigenvalue weighted by Gasteiger charge is 2.75. The molecule has 5 aliphatic heterocycles. The number of nitrogens with zero attached hydrogens (tertiary/aromatic N) is 3. The molecule has 206 valence electrons. The number of fused-ring (bicyclic) bond motifs is 2. The maximum absolute atomic E-state index is 13.6. The molecule has 9 N–H and O–H groups in total. The van der Waals surface area contributed by atoms with Crippen LogP contribution >= 0.6 is 0 Å². The molecule has 3 unspecified atom stereocenters. The second kappa shape index (κ2) is 7.82. The number of ether oxygens (including phenoxy) is 1. The molecule has 4 atom stereocenters. The van der Waals surface area contributed by atoms with Crippen LogP contribution in [0.1, 0.15) is 48.0 Å². The lowest BCUT2D eigenvalue weighted by molar-refractivity contribution is -0.623. The van der Waals surface area contributed by atoms with Gasteiger partial charge in [-0.1, -0.05) is 12.1 Å². The number of imide groups is 1. The number of nitrogens with two attached hydrogens (primary N) is 2. The van der Waals surface area contributed by atoms with Crippen molar-refractivity contribution in [1.82, 2.24) is 20.9 Å². The van der Waals surface area contributed by atoms with Crippen LogP contribution in [0.2, 0.25) is 0 Å². The van der Waals surface area contributed by atoms with E-state index in [1.165, 1.54) is 4.58 Å². The number of hydrogen-bond donors (Lipinski definition) is 7. The van der Waals surface area contributed by atoms with Crippen LogP contribution < -0.4 is 32.2 Å². The summed E-state index contributed by atoms with van der Waals surface area (Å²) in [5.74, 6) is -3.24. The van der Waals surface area contributed by atoms with Crippen LogP contribution in [0, 0.1) is 0 Å². The van der Waals surface area contributed by atoms with E-state index in [-0.39, 0.29) is 55.1 Å². The molecule has 1 aromatic carbocycles. The van der Waals surface area contributed by atoms with E-state index >= 15 is 0 Å². The number of carbonyl (C=O) groups is 3. The number of amides is 3. The lowest BCUT2D eigenvalue weighted by Gasteiger charge is -2.44. The van der Waals surface area contributed by atoms with Crippen molar-refractivity contribution in [2.24, 2.45) is 16.5 Å². The molecule has 0 aromatic heterocycles. The van der Waals surface area contributed by atoms with Gasteiger partial charge < -0.3 is 31.3 Å². The Morgan fingerprint density at radius 2 is 1.95 bits per heavy atom. The van der Waals surface area contributed by atoms with E-state index in [2.05, 4.69) is 20.9 Å². The average Bonchev–Trinajstić information content (AvgIpc) is 3.38. The Kier molecular flexibility index (Phi) is 4.84. The lowest BCUT2D eigenvalue weighted by atomic mass is 9.85. The van der Waals surface area contributed by atoms with E-state index in [1.54, 1.807) is 6.07 Å². The van der Waals surface area contributed by atoms with Crippen LogP contribution in [-0.2, 0) is 15.0 Å². The first-order valence-electron chi connectivity index (χ1n) is 13.2. The molecule has 0 radical (unpaired) electrons. The molecule has 2 saturated heterocycles. The van der Waals surface area contributed by atoms with Gasteiger partial charge in [0.15, 0.2) is 5.96 Å². The van der Waals surface area contributed by atoms with E-state index in [9.17, 15) is 24.6 Å². The molecule has 1 saturated carbocycles. The third kappa shape index (κ3) is 3.18. The fraction of sp³-hybridized carbons (Fsp3) is 0.560. The van der Waals surface area contributed by atoms with Crippen molar-refractivity contribution in [3.05, 3.63) is 29.3 Å². The Bertz CT molecular complexity index is 1370. The van der Waals surface area contributed by atoms with Gasteiger partial charge in [0.25, 0.3) is 5.91 Å². The molecule has 3 amide bonds. The number of aliphatic imine (C=N–C) groups is 1. The molecule has 5 heterocycles. The first kappa shape index (κ1) is 24.2. The van der Waals surface area contributed by atoms with Crippen molar-refractivity contribution in [1.29, 1.82) is 0 Å². The van der Waals surface area contributed by atoms with Crippen LogP contribution in [0.5, 0.6) is 5.75 Å². The normalized spacial score (nSPS) is 33.0. The Balaban J connectivity index is 1.20. The van der Waals surface area contributed by atoms with E-state index < -0.39 is 35.5 Å². The lowest BCUT2D eigenvalue weighted by Crippen LogP contribution is -2.79. The number of nitrogens with one attached hydrogen (secondary N) is 3. The number of aliphatic hydroxyl groups is 2.